The van der Waals surface area contributed by atoms with Crippen LogP contribution >= 0.6 is 0 Å². The van der Waals surface area contributed by atoms with Crippen LogP contribution < -0.4 is 5.32 Å². The average molecular weight is 272 g/mol. The molecule has 108 valence electrons. The van der Waals surface area contributed by atoms with Crippen molar-refractivity contribution in [3.05, 3.63) is 35.4 Å². The van der Waals surface area contributed by atoms with E-state index in [1.807, 2.05) is 7.05 Å². The Balaban J connectivity index is 1.60. The van der Waals surface area contributed by atoms with E-state index in [9.17, 15) is 4.79 Å². The second kappa shape index (κ2) is 5.57. The largest absolute Gasteiger partial charge is 0.342 e. The number of benzene rings is 1. The molecule has 3 nitrogen and oxygen atoms in total. The molecule has 2 aliphatic rings. The van der Waals surface area contributed by atoms with E-state index in [1.165, 1.54) is 11.1 Å². The quantitative estimate of drug-likeness (QED) is 0.916. The molecule has 20 heavy (non-hydrogen) atoms. The molecule has 1 saturated carbocycles. The lowest BCUT2D eigenvalue weighted by Gasteiger charge is -2.32. The molecule has 1 amide bonds. The molecule has 1 aliphatic heterocycles. The highest BCUT2D eigenvalue weighted by molar-refractivity contribution is 5.83. The van der Waals surface area contributed by atoms with Gasteiger partial charge >= 0.3 is 0 Å². The SMILES string of the molecule is CNC1CCN(C(=O)C2CC2c2ccccc2C)CC1. The van der Waals surface area contributed by atoms with Crippen LogP contribution in [-0.4, -0.2) is 37.0 Å². The average Bonchev–Trinajstić information content (AvgIpc) is 3.27. The highest BCUT2D eigenvalue weighted by atomic mass is 16.2. The molecule has 1 aromatic carbocycles. The molecule has 2 unspecified atom stereocenters. The zero-order valence-electron chi connectivity index (χ0n) is 12.4. The summed E-state index contributed by atoms with van der Waals surface area (Å²) in [5.74, 6) is 1.08. The Morgan fingerprint density at radius 1 is 1.25 bits per heavy atom. The number of piperidine rings is 1. The van der Waals surface area contributed by atoms with E-state index in [2.05, 4.69) is 41.4 Å². The lowest BCUT2D eigenvalue weighted by molar-refractivity contribution is -0.133. The third-order valence-corrected chi connectivity index (χ3v) is 4.91. The third-order valence-electron chi connectivity index (χ3n) is 4.91. The van der Waals surface area contributed by atoms with Crippen molar-refractivity contribution in [3.8, 4) is 0 Å². The van der Waals surface area contributed by atoms with Crippen LogP contribution in [0.15, 0.2) is 24.3 Å². The first-order valence-corrected chi connectivity index (χ1v) is 7.72. The number of carbonyl (C=O) groups excluding carboxylic acids is 1. The van der Waals surface area contributed by atoms with Crippen LogP contribution in [-0.2, 0) is 4.79 Å². The van der Waals surface area contributed by atoms with E-state index in [0.717, 1.165) is 32.4 Å². The van der Waals surface area contributed by atoms with Gasteiger partial charge in [0.05, 0.1) is 0 Å². The minimum Gasteiger partial charge on any atom is -0.342 e. The molecule has 1 aromatic rings. The fraction of sp³-hybridized carbons (Fsp3) is 0.588. The summed E-state index contributed by atoms with van der Waals surface area (Å²) in [7, 11) is 2.01. The van der Waals surface area contributed by atoms with Crippen molar-refractivity contribution in [2.45, 2.75) is 38.1 Å². The van der Waals surface area contributed by atoms with E-state index in [-0.39, 0.29) is 5.92 Å². The normalized spacial score (nSPS) is 26.6. The molecule has 1 saturated heterocycles. The lowest BCUT2D eigenvalue weighted by atomic mass is 10.0. The summed E-state index contributed by atoms with van der Waals surface area (Å²) in [5.41, 5.74) is 2.69. The Hall–Kier alpha value is -1.35. The van der Waals surface area contributed by atoms with Gasteiger partial charge in [-0.1, -0.05) is 24.3 Å². The van der Waals surface area contributed by atoms with Gasteiger partial charge in [0.25, 0.3) is 0 Å². The summed E-state index contributed by atoms with van der Waals surface area (Å²) in [6.07, 6.45) is 3.21. The van der Waals surface area contributed by atoms with Gasteiger partial charge in [0.15, 0.2) is 0 Å². The maximum absolute atomic E-state index is 12.6. The van der Waals surface area contributed by atoms with Gasteiger partial charge in [-0.05, 0) is 50.3 Å². The first-order chi connectivity index (χ1) is 9.70. The van der Waals surface area contributed by atoms with Crippen LogP contribution in [0.2, 0.25) is 0 Å². The van der Waals surface area contributed by atoms with Gasteiger partial charge < -0.3 is 10.2 Å². The second-order valence-electron chi connectivity index (χ2n) is 6.19. The number of hydrogen-bond acceptors (Lipinski definition) is 2. The van der Waals surface area contributed by atoms with Gasteiger partial charge in [-0.25, -0.2) is 0 Å². The van der Waals surface area contributed by atoms with Crippen molar-refractivity contribution >= 4 is 5.91 Å². The summed E-state index contributed by atoms with van der Waals surface area (Å²) in [4.78, 5) is 14.6. The Morgan fingerprint density at radius 3 is 2.60 bits per heavy atom. The number of carbonyl (C=O) groups is 1. The van der Waals surface area contributed by atoms with E-state index < -0.39 is 0 Å². The molecule has 1 N–H and O–H groups in total. The number of rotatable bonds is 3. The van der Waals surface area contributed by atoms with Crippen molar-refractivity contribution in [2.24, 2.45) is 5.92 Å². The Kier molecular flexibility index (Phi) is 3.79. The summed E-state index contributed by atoms with van der Waals surface area (Å²) in [5, 5.41) is 3.31. The monoisotopic (exact) mass is 272 g/mol. The number of nitrogens with zero attached hydrogens (tertiary/aromatic N) is 1. The highest BCUT2D eigenvalue weighted by Crippen LogP contribution is 2.49. The molecule has 1 heterocycles. The Bertz CT molecular complexity index is 492. The van der Waals surface area contributed by atoms with Crippen molar-refractivity contribution in [1.29, 1.82) is 0 Å². The minimum atomic E-state index is 0.238. The van der Waals surface area contributed by atoms with Crippen LogP contribution in [0.3, 0.4) is 0 Å². The van der Waals surface area contributed by atoms with E-state index in [0.29, 0.717) is 17.9 Å². The predicted molar refractivity (Wildman–Crippen MR) is 80.7 cm³/mol. The maximum Gasteiger partial charge on any atom is 0.226 e. The topological polar surface area (TPSA) is 32.3 Å². The molecule has 3 rings (SSSR count). The standard InChI is InChI=1S/C17H24N2O/c1-12-5-3-4-6-14(12)15-11-16(15)17(20)19-9-7-13(18-2)8-10-19/h3-6,13,15-16,18H,7-11H2,1-2H3. The van der Waals surface area contributed by atoms with Crippen LogP contribution in [0.25, 0.3) is 0 Å². The number of nitrogens with one attached hydrogen (secondary N) is 1. The molecule has 0 spiro atoms. The van der Waals surface area contributed by atoms with Gasteiger partial charge in [-0.15, -0.1) is 0 Å². The second-order valence-corrected chi connectivity index (χ2v) is 6.19. The molecule has 0 aromatic heterocycles. The fourth-order valence-electron chi connectivity index (χ4n) is 3.44. The Labute approximate surface area is 121 Å². The highest BCUT2D eigenvalue weighted by Gasteiger charge is 2.46. The van der Waals surface area contributed by atoms with Crippen LogP contribution in [0.1, 0.15) is 36.3 Å². The lowest BCUT2D eigenvalue weighted by Crippen LogP contribution is -2.44. The summed E-state index contributed by atoms with van der Waals surface area (Å²) in [6, 6.07) is 9.07. The van der Waals surface area contributed by atoms with Crippen LogP contribution in [0.5, 0.6) is 0 Å². The molecule has 2 atom stereocenters. The minimum absolute atomic E-state index is 0.238. The molecular formula is C17H24N2O. The van der Waals surface area contributed by atoms with Crippen LogP contribution in [0, 0.1) is 12.8 Å². The third kappa shape index (κ3) is 2.59. The summed E-state index contributed by atoms with van der Waals surface area (Å²) >= 11 is 0. The fourth-order valence-corrected chi connectivity index (χ4v) is 3.44. The summed E-state index contributed by atoms with van der Waals surface area (Å²) in [6.45, 7) is 3.98. The molecule has 0 bridgehead atoms. The summed E-state index contributed by atoms with van der Waals surface area (Å²) < 4.78 is 0. The molecule has 3 heteroatoms. The molecule has 1 aliphatic carbocycles. The smallest absolute Gasteiger partial charge is 0.226 e. The first kappa shape index (κ1) is 13.6. The van der Waals surface area contributed by atoms with Gasteiger partial charge in [0, 0.05) is 25.0 Å². The van der Waals surface area contributed by atoms with Crippen LogP contribution in [0.4, 0.5) is 0 Å². The maximum atomic E-state index is 12.6. The van der Waals surface area contributed by atoms with Gasteiger partial charge in [0.2, 0.25) is 5.91 Å². The number of aryl methyl sites for hydroxylation is 1. The zero-order valence-corrected chi connectivity index (χ0v) is 12.4. The zero-order chi connectivity index (χ0) is 14.1. The van der Waals surface area contributed by atoms with Gasteiger partial charge in [0.1, 0.15) is 0 Å². The molecular weight excluding hydrogens is 248 g/mol. The van der Waals surface area contributed by atoms with Crippen molar-refractivity contribution in [2.75, 3.05) is 20.1 Å². The number of hydrogen-bond donors (Lipinski definition) is 1. The molecule has 2 fully saturated rings. The Morgan fingerprint density at radius 2 is 1.95 bits per heavy atom. The first-order valence-electron chi connectivity index (χ1n) is 7.72. The van der Waals surface area contributed by atoms with E-state index in [4.69, 9.17) is 0 Å². The molecule has 0 radical (unpaired) electrons. The van der Waals surface area contributed by atoms with Crippen molar-refractivity contribution < 1.29 is 4.79 Å². The van der Waals surface area contributed by atoms with Gasteiger partial charge in [-0.3, -0.25) is 4.79 Å². The predicted octanol–water partition coefficient (Wildman–Crippen LogP) is 2.31. The van der Waals surface area contributed by atoms with E-state index >= 15 is 0 Å². The number of amides is 1. The van der Waals surface area contributed by atoms with Gasteiger partial charge in [-0.2, -0.15) is 0 Å². The van der Waals surface area contributed by atoms with Crippen molar-refractivity contribution in [3.63, 3.8) is 0 Å². The van der Waals surface area contributed by atoms with Crippen molar-refractivity contribution in [1.82, 2.24) is 10.2 Å². The van der Waals surface area contributed by atoms with E-state index in [1.54, 1.807) is 0 Å². The number of likely N-dealkylation sites (tertiary alicyclic amines) is 1.